The van der Waals surface area contributed by atoms with E-state index in [2.05, 4.69) is 26.6 Å². The van der Waals surface area contributed by atoms with E-state index >= 15 is 0 Å². The van der Waals surface area contributed by atoms with E-state index in [9.17, 15) is 67.1 Å². The zero-order valence-corrected chi connectivity index (χ0v) is 64.2. The summed E-state index contributed by atoms with van der Waals surface area (Å²) in [5.41, 5.74) is 4.26. The third-order valence-corrected chi connectivity index (χ3v) is 22.6. The summed E-state index contributed by atoms with van der Waals surface area (Å²) in [6.07, 6.45) is 7.11. The topological polar surface area (TPSA) is 380 Å². The molecule has 15 rings (SSSR count). The van der Waals surface area contributed by atoms with E-state index in [0.717, 1.165) is 102 Å². The van der Waals surface area contributed by atoms with Crippen LogP contribution in [0.3, 0.4) is 0 Å². The number of aliphatic carboxylic acids is 1. The largest absolute Gasteiger partial charge is 0.481 e. The quantitative estimate of drug-likeness (QED) is 0.112. The molecule has 9 aliphatic heterocycles. The zero-order chi connectivity index (χ0) is 77.7. The molecule has 3 aromatic heterocycles. The number of imide groups is 3. The number of rotatable bonds is 9. The molecule has 12 heterocycles. The molecule has 0 bridgehead atoms. The number of hydrogen-bond acceptors (Lipinski definition) is 18. The molecule has 6 N–H and O–H groups in total. The van der Waals surface area contributed by atoms with E-state index in [4.69, 9.17) is 14.6 Å². The number of carboxylic acids is 1. The highest BCUT2D eigenvalue weighted by Gasteiger charge is 2.49. The number of hydrogen-bond donors (Lipinski definition) is 6. The van der Waals surface area contributed by atoms with Gasteiger partial charge in [-0.05, 0) is 153 Å². The first kappa shape index (κ1) is 80.1. The van der Waals surface area contributed by atoms with Crippen molar-refractivity contribution >= 4 is 111 Å². The number of aromatic nitrogens is 6. The number of ether oxygens (including phenoxy) is 2. The first-order chi connectivity index (χ1) is 51.1. The molecule has 3 atom stereocenters. The fraction of sp³-hybridized carbons (Fsp3) is 0.579. The molecule has 0 saturated carbocycles. The molecule has 32 nitrogen and oxygen atoms in total. The van der Waals surface area contributed by atoms with Gasteiger partial charge in [-0.2, -0.15) is 0 Å². The number of aryl methyl sites for hydroxylation is 3. The van der Waals surface area contributed by atoms with Crippen molar-refractivity contribution in [1.29, 1.82) is 0 Å². The summed E-state index contributed by atoms with van der Waals surface area (Å²) < 4.78 is 19.4. The standard InChI is InChI=1S/C27H35N5O6.C22H27N5O4.C15H15N3O5.C12H22N2O2.ClH/c1-26(2,3)38-25(37)30-12-10-27(11-13-30)15-31(16-27)21(34)14-17-6-5-7-18-22(17)29(4)24(36)32(18)19-8-9-20(33)28-23(19)35;1-25-19-14(11-18(29)26-12-22(13-26)7-9-23-10-8-22)3-2-4-15(19)27(21(25)31)16-5-6-17(28)24-20(16)30;1-17-13-8(7-12(20)21)3-2-4-9(13)18(15(17)23)10-5-6-11(19)16-14(10)22;1-11(2,3)16-10(15)14-6-4-12(5-7-14)8-13-9-12;/h5-7,19H,8-16H2,1-4H3,(H,28,33,35);2-4,16,23H,5-13H2,1H3,(H,24,28,30);2-4,10H,5-7H2,1H3,(H,20,21)(H,16,19,22);13H,4-9H2,1-3H3;1H. The molecule has 3 aromatic carbocycles. The minimum absolute atomic E-state index is 0. The van der Waals surface area contributed by atoms with Crippen molar-refractivity contribution in [2.24, 2.45) is 37.4 Å². The molecule has 3 unspecified atom stereocenters. The lowest BCUT2D eigenvalue weighted by molar-refractivity contribution is -0.146. The van der Waals surface area contributed by atoms with Crippen molar-refractivity contribution in [2.45, 2.75) is 167 Å². The van der Waals surface area contributed by atoms with Gasteiger partial charge in [0.2, 0.25) is 47.3 Å². The fourth-order valence-electron chi connectivity index (χ4n) is 16.7. The second kappa shape index (κ2) is 31.6. The number of benzene rings is 3. The molecular formula is C76H100ClN15O17. The molecule has 10 amide bonds. The number of fused-ring (bicyclic) bond motifs is 3. The van der Waals surface area contributed by atoms with Gasteiger partial charge in [0.25, 0.3) is 0 Å². The average molecular weight is 1530 g/mol. The number of imidazole rings is 3. The Morgan fingerprint density at radius 1 is 0.440 bits per heavy atom. The van der Waals surface area contributed by atoms with Crippen LogP contribution in [0.2, 0.25) is 0 Å². The Hall–Kier alpha value is -9.95. The number of amides is 10. The van der Waals surface area contributed by atoms with Crippen LogP contribution in [0.25, 0.3) is 33.1 Å². The van der Waals surface area contributed by atoms with Crippen molar-refractivity contribution in [2.75, 3.05) is 78.5 Å². The molecular weight excluding hydrogens is 1430 g/mol. The van der Waals surface area contributed by atoms with Crippen LogP contribution in [0, 0.1) is 16.2 Å². The lowest BCUT2D eigenvalue weighted by Crippen LogP contribution is -2.62. The van der Waals surface area contributed by atoms with Crippen molar-refractivity contribution in [3.8, 4) is 0 Å². The summed E-state index contributed by atoms with van der Waals surface area (Å²) >= 11 is 0. The van der Waals surface area contributed by atoms with Crippen LogP contribution in [0.15, 0.2) is 69.0 Å². The van der Waals surface area contributed by atoms with Gasteiger partial charge in [-0.15, -0.1) is 12.4 Å². The Morgan fingerprint density at radius 3 is 1.05 bits per heavy atom. The van der Waals surface area contributed by atoms with E-state index < -0.39 is 53.1 Å². The van der Waals surface area contributed by atoms with Crippen LogP contribution in [0.4, 0.5) is 9.59 Å². The number of halogens is 1. The fourth-order valence-corrected chi connectivity index (χ4v) is 16.7. The van der Waals surface area contributed by atoms with E-state index in [0.29, 0.717) is 70.3 Å². The van der Waals surface area contributed by atoms with Gasteiger partial charge in [0.15, 0.2) is 0 Å². The highest BCUT2D eigenvalue weighted by atomic mass is 35.5. The van der Waals surface area contributed by atoms with E-state index in [1.807, 2.05) is 74.4 Å². The molecule has 33 heteroatoms. The van der Waals surface area contributed by atoms with Crippen LogP contribution >= 0.6 is 12.4 Å². The maximum atomic E-state index is 13.2. The summed E-state index contributed by atoms with van der Waals surface area (Å²) in [5, 5.41) is 22.6. The summed E-state index contributed by atoms with van der Waals surface area (Å²) in [6, 6.07) is 13.6. The van der Waals surface area contributed by atoms with Gasteiger partial charge in [0.1, 0.15) is 29.3 Å². The Morgan fingerprint density at radius 2 is 0.752 bits per heavy atom. The molecule has 588 valence electrons. The Bertz CT molecular complexity index is 4790. The number of carboxylic acid groups (broad SMARTS) is 1. The maximum Gasteiger partial charge on any atom is 0.410 e. The summed E-state index contributed by atoms with van der Waals surface area (Å²) in [7, 11) is 4.84. The smallest absolute Gasteiger partial charge is 0.410 e. The second-order valence-electron chi connectivity index (χ2n) is 32.6. The predicted molar refractivity (Wildman–Crippen MR) is 401 cm³/mol. The third kappa shape index (κ3) is 16.9. The summed E-state index contributed by atoms with van der Waals surface area (Å²) in [6.45, 7) is 21.4. The molecule has 0 aliphatic carbocycles. The second-order valence-corrected chi connectivity index (χ2v) is 32.6. The monoisotopic (exact) mass is 1530 g/mol. The minimum atomic E-state index is -1.00. The van der Waals surface area contributed by atoms with E-state index in [1.54, 1.807) is 62.4 Å². The molecule has 9 aliphatic rings. The average Bonchev–Trinajstić information content (AvgIpc) is 1.66. The number of likely N-dealkylation sites (tertiary alicyclic amines) is 4. The van der Waals surface area contributed by atoms with Gasteiger partial charge in [-0.1, -0.05) is 36.4 Å². The first-order valence-electron chi connectivity index (χ1n) is 37.3. The van der Waals surface area contributed by atoms with Crippen molar-refractivity contribution in [3.63, 3.8) is 0 Å². The van der Waals surface area contributed by atoms with Crippen LogP contribution in [-0.4, -0.2) is 207 Å². The Kier molecular flexibility index (Phi) is 23.2. The van der Waals surface area contributed by atoms with Gasteiger partial charge in [0, 0.05) is 117 Å². The predicted octanol–water partition coefficient (Wildman–Crippen LogP) is 3.77. The molecule has 109 heavy (non-hydrogen) atoms. The molecule has 9 fully saturated rings. The number of piperidine rings is 6. The highest BCUT2D eigenvalue weighted by molar-refractivity contribution is 6.02. The summed E-state index contributed by atoms with van der Waals surface area (Å²) in [4.78, 5) is 179. The molecule has 0 radical (unpaired) electrons. The van der Waals surface area contributed by atoms with Gasteiger partial charge >= 0.3 is 35.2 Å². The minimum Gasteiger partial charge on any atom is -0.481 e. The lowest BCUT2D eigenvalue weighted by Gasteiger charge is -2.54. The third-order valence-electron chi connectivity index (χ3n) is 22.6. The Labute approximate surface area is 634 Å². The molecule has 3 spiro atoms. The maximum absolute atomic E-state index is 13.2. The number of carbonyl (C=O) groups is 11. The van der Waals surface area contributed by atoms with Crippen LogP contribution < -0.4 is 43.7 Å². The van der Waals surface area contributed by atoms with Crippen LogP contribution in [-0.2, 0) is 93.0 Å². The number of nitrogens with one attached hydrogen (secondary N) is 5. The lowest BCUT2D eigenvalue weighted by atomic mass is 9.72. The van der Waals surface area contributed by atoms with Gasteiger partial charge in [0.05, 0.1) is 52.4 Å². The van der Waals surface area contributed by atoms with Crippen LogP contribution in [0.5, 0.6) is 0 Å². The highest BCUT2D eigenvalue weighted by Crippen LogP contribution is 2.43. The van der Waals surface area contributed by atoms with Crippen molar-refractivity contribution < 1.29 is 67.3 Å². The zero-order valence-electron chi connectivity index (χ0n) is 63.4. The number of nitrogens with zero attached hydrogens (tertiary/aromatic N) is 10. The van der Waals surface area contributed by atoms with Crippen molar-refractivity contribution in [1.82, 2.24) is 73.6 Å². The van der Waals surface area contributed by atoms with Gasteiger partial charge < -0.3 is 44.8 Å². The number of carbonyl (C=O) groups excluding carboxylic acids is 10. The van der Waals surface area contributed by atoms with Gasteiger partial charge in [-0.3, -0.25) is 86.5 Å². The van der Waals surface area contributed by atoms with Gasteiger partial charge in [-0.25, -0.2) is 24.0 Å². The van der Waals surface area contributed by atoms with E-state index in [1.165, 1.54) is 27.4 Å². The summed E-state index contributed by atoms with van der Waals surface area (Å²) in [5.74, 6) is -3.42. The first-order valence-corrected chi connectivity index (χ1v) is 37.3. The Balaban J connectivity index is 0.000000150. The van der Waals surface area contributed by atoms with Crippen molar-refractivity contribution in [3.05, 3.63) is 103 Å². The molecule has 6 aromatic rings. The normalized spacial score (nSPS) is 21.4. The van der Waals surface area contributed by atoms with Crippen LogP contribution in [0.1, 0.15) is 153 Å². The SMILES string of the molecule is CC(C)(C)OC(=O)N1CCC2(CC1)CNC2.Cl.Cn1c(=O)n(C2CCC(=O)NC2=O)c2cccc(CC(=O)N3CC4(CCN(C(=O)OC(C)(C)C)CC4)C3)c21.Cn1c(=O)n(C2CCC(=O)NC2=O)c2cccc(CC(=O)N3CC4(CCNCC4)C3)c21.Cn1c(=O)n(C2CCC(=O)NC2=O)c2cccc(CC(=O)O)c21. The number of para-hydroxylation sites is 3. The molecule has 9 saturated heterocycles. The van der Waals surface area contributed by atoms with E-state index in [-0.39, 0.29) is 140 Å².